The number of benzene rings is 2. The van der Waals surface area contributed by atoms with Crippen molar-refractivity contribution < 1.29 is 4.74 Å². The highest BCUT2D eigenvalue weighted by Gasteiger charge is 2.41. The van der Waals surface area contributed by atoms with Gasteiger partial charge < -0.3 is 10.1 Å². The molecule has 6 rings (SSSR count). The Hall–Kier alpha value is -2.61. The predicted molar refractivity (Wildman–Crippen MR) is 122 cm³/mol. The molecule has 30 heavy (non-hydrogen) atoms. The van der Waals surface area contributed by atoms with E-state index in [1.165, 1.54) is 4.88 Å². The molecule has 8 heteroatoms. The molecule has 2 atom stereocenters. The van der Waals surface area contributed by atoms with E-state index in [1.54, 1.807) is 17.7 Å². The SMILES string of the molecule is Clc1ccc2c(c1)C1=C([C@H](c3cccc(Br)c3)O2)[C@@H](c2cccs2)n2ncnc2N1. The van der Waals surface area contributed by atoms with E-state index in [-0.39, 0.29) is 12.1 Å². The summed E-state index contributed by atoms with van der Waals surface area (Å²) in [6.07, 6.45) is 1.29. The van der Waals surface area contributed by atoms with E-state index in [2.05, 4.69) is 61.0 Å². The molecule has 4 heterocycles. The van der Waals surface area contributed by atoms with Crippen LogP contribution in [0, 0.1) is 0 Å². The van der Waals surface area contributed by atoms with Crippen LogP contribution in [0.15, 0.2) is 76.4 Å². The maximum Gasteiger partial charge on any atom is 0.226 e. The van der Waals surface area contributed by atoms with Gasteiger partial charge in [0.1, 0.15) is 24.2 Å². The lowest BCUT2D eigenvalue weighted by Gasteiger charge is -2.38. The Bertz CT molecular complexity index is 1300. The van der Waals surface area contributed by atoms with Crippen LogP contribution in [-0.2, 0) is 0 Å². The van der Waals surface area contributed by atoms with Crippen LogP contribution in [0.4, 0.5) is 5.95 Å². The quantitative estimate of drug-likeness (QED) is 0.352. The smallest absolute Gasteiger partial charge is 0.226 e. The second kappa shape index (κ2) is 6.97. The molecule has 2 aliphatic rings. The third-order valence-corrected chi connectivity index (χ3v) is 6.99. The van der Waals surface area contributed by atoms with E-state index in [1.807, 2.05) is 35.0 Å². The molecule has 0 spiro atoms. The van der Waals surface area contributed by atoms with Crippen LogP contribution >= 0.6 is 38.9 Å². The number of fused-ring (bicyclic) bond motifs is 3. The molecule has 0 saturated carbocycles. The second-order valence-electron chi connectivity index (χ2n) is 7.09. The zero-order valence-electron chi connectivity index (χ0n) is 15.4. The molecule has 0 unspecified atom stereocenters. The van der Waals surface area contributed by atoms with Crippen LogP contribution in [0.2, 0.25) is 5.02 Å². The fourth-order valence-electron chi connectivity index (χ4n) is 4.11. The topological polar surface area (TPSA) is 52.0 Å². The van der Waals surface area contributed by atoms with Crippen molar-refractivity contribution in [3.8, 4) is 5.75 Å². The van der Waals surface area contributed by atoms with Gasteiger partial charge in [-0.2, -0.15) is 10.1 Å². The highest BCUT2D eigenvalue weighted by Crippen LogP contribution is 2.51. The average Bonchev–Trinajstić information content (AvgIpc) is 3.44. The highest BCUT2D eigenvalue weighted by molar-refractivity contribution is 9.10. The van der Waals surface area contributed by atoms with E-state index in [0.717, 1.165) is 32.6 Å². The Morgan fingerprint density at radius 1 is 1.13 bits per heavy atom. The number of hydrogen-bond acceptors (Lipinski definition) is 5. The lowest BCUT2D eigenvalue weighted by molar-refractivity contribution is 0.223. The molecule has 0 saturated heterocycles. The number of nitrogens with one attached hydrogen (secondary N) is 1. The van der Waals surface area contributed by atoms with Crippen LogP contribution in [0.25, 0.3) is 5.70 Å². The van der Waals surface area contributed by atoms with Crippen LogP contribution in [-0.4, -0.2) is 14.8 Å². The largest absolute Gasteiger partial charge is 0.480 e. The molecule has 0 amide bonds. The normalized spacial score (nSPS) is 19.4. The van der Waals surface area contributed by atoms with Crippen molar-refractivity contribution in [3.63, 3.8) is 0 Å². The summed E-state index contributed by atoms with van der Waals surface area (Å²) in [5, 5.41) is 10.8. The number of anilines is 1. The van der Waals surface area contributed by atoms with Crippen LogP contribution in [0.1, 0.15) is 28.1 Å². The minimum absolute atomic E-state index is 0.130. The second-order valence-corrected chi connectivity index (χ2v) is 9.43. The molecule has 2 aliphatic heterocycles. The molecule has 2 aromatic carbocycles. The summed E-state index contributed by atoms with van der Waals surface area (Å²) in [4.78, 5) is 5.62. The van der Waals surface area contributed by atoms with Gasteiger partial charge in [-0.3, -0.25) is 0 Å². The zero-order valence-corrected chi connectivity index (χ0v) is 18.6. The number of hydrogen-bond donors (Lipinski definition) is 1. The maximum atomic E-state index is 6.58. The zero-order chi connectivity index (χ0) is 20.2. The first-order valence-corrected chi connectivity index (χ1v) is 11.4. The standard InChI is InChI=1S/C22H14BrClN4OS/c23-13-4-1-3-12(9-13)21-18-19(15-10-14(24)6-7-16(15)29-21)27-22-25-11-26-28(22)20(18)17-5-2-8-30-17/h1-11,20-21H,(H,25,26,27)/t20-,21+/m1/s1. The summed E-state index contributed by atoms with van der Waals surface area (Å²) in [6, 6.07) is 18.0. The number of rotatable bonds is 2. The molecule has 0 bridgehead atoms. The molecule has 1 N–H and O–H groups in total. The van der Waals surface area contributed by atoms with Crippen molar-refractivity contribution in [2.75, 3.05) is 5.32 Å². The van der Waals surface area contributed by atoms with Gasteiger partial charge in [0.05, 0.1) is 5.70 Å². The van der Waals surface area contributed by atoms with Crippen molar-refractivity contribution in [2.45, 2.75) is 12.1 Å². The van der Waals surface area contributed by atoms with Gasteiger partial charge in [-0.25, -0.2) is 4.68 Å². The van der Waals surface area contributed by atoms with E-state index in [4.69, 9.17) is 16.3 Å². The number of aromatic nitrogens is 3. The van der Waals surface area contributed by atoms with Gasteiger partial charge in [-0.05, 0) is 47.3 Å². The molecule has 0 aliphatic carbocycles. The van der Waals surface area contributed by atoms with Gasteiger partial charge in [-0.15, -0.1) is 11.3 Å². The minimum atomic E-state index is -0.289. The Morgan fingerprint density at radius 3 is 2.90 bits per heavy atom. The first-order chi connectivity index (χ1) is 14.7. The number of nitrogens with zero attached hydrogens (tertiary/aromatic N) is 3. The van der Waals surface area contributed by atoms with Gasteiger partial charge in [-0.1, -0.05) is 45.7 Å². The van der Waals surface area contributed by atoms with Crippen molar-refractivity contribution in [3.05, 3.63) is 97.4 Å². The molecule has 2 aromatic heterocycles. The number of ether oxygens (including phenoxy) is 1. The molecular formula is C22H14BrClN4OS. The van der Waals surface area contributed by atoms with E-state index >= 15 is 0 Å². The molecule has 0 fully saturated rings. The molecule has 148 valence electrons. The van der Waals surface area contributed by atoms with Crippen molar-refractivity contribution in [1.29, 1.82) is 0 Å². The lowest BCUT2D eigenvalue weighted by atomic mass is 9.87. The Balaban J connectivity index is 1.65. The fourth-order valence-corrected chi connectivity index (χ4v) is 5.52. The summed E-state index contributed by atoms with van der Waals surface area (Å²) in [7, 11) is 0. The monoisotopic (exact) mass is 496 g/mol. The molecule has 4 aromatic rings. The van der Waals surface area contributed by atoms with Crippen molar-refractivity contribution >= 4 is 50.5 Å². The third kappa shape index (κ3) is 2.80. The maximum absolute atomic E-state index is 6.58. The van der Waals surface area contributed by atoms with Gasteiger partial charge >= 0.3 is 0 Å². The van der Waals surface area contributed by atoms with Crippen molar-refractivity contribution in [2.24, 2.45) is 0 Å². The van der Waals surface area contributed by atoms with Gasteiger partial charge in [0.25, 0.3) is 0 Å². The number of halogens is 2. The Morgan fingerprint density at radius 2 is 2.07 bits per heavy atom. The minimum Gasteiger partial charge on any atom is -0.480 e. The molecule has 5 nitrogen and oxygen atoms in total. The number of thiophene rings is 1. The lowest BCUT2D eigenvalue weighted by Crippen LogP contribution is -2.32. The summed E-state index contributed by atoms with van der Waals surface area (Å²) < 4.78 is 9.51. The van der Waals surface area contributed by atoms with E-state index in [9.17, 15) is 0 Å². The third-order valence-electron chi connectivity index (χ3n) is 5.34. The Labute approximate surface area is 190 Å². The summed E-state index contributed by atoms with van der Waals surface area (Å²) in [5.74, 6) is 1.49. The fraction of sp³-hybridized carbons (Fsp3) is 0.0909. The average molecular weight is 498 g/mol. The van der Waals surface area contributed by atoms with E-state index in [0.29, 0.717) is 11.0 Å². The van der Waals surface area contributed by atoms with E-state index < -0.39 is 0 Å². The van der Waals surface area contributed by atoms with Crippen LogP contribution in [0.3, 0.4) is 0 Å². The Kier molecular flexibility index (Phi) is 4.23. The highest BCUT2D eigenvalue weighted by atomic mass is 79.9. The van der Waals surface area contributed by atoms with Crippen LogP contribution in [0.5, 0.6) is 5.75 Å². The van der Waals surface area contributed by atoms with Gasteiger partial charge in [0.2, 0.25) is 5.95 Å². The van der Waals surface area contributed by atoms with Crippen LogP contribution < -0.4 is 10.1 Å². The molecule has 0 radical (unpaired) electrons. The van der Waals surface area contributed by atoms with Gasteiger partial charge in [0, 0.05) is 25.5 Å². The van der Waals surface area contributed by atoms with Crippen molar-refractivity contribution in [1.82, 2.24) is 14.8 Å². The summed E-state index contributed by atoms with van der Waals surface area (Å²) in [5.41, 5.74) is 4.05. The summed E-state index contributed by atoms with van der Waals surface area (Å²) in [6.45, 7) is 0. The van der Waals surface area contributed by atoms with Gasteiger partial charge in [0.15, 0.2) is 0 Å². The first kappa shape index (κ1) is 18.2. The molecular weight excluding hydrogens is 484 g/mol. The first-order valence-electron chi connectivity index (χ1n) is 9.35. The predicted octanol–water partition coefficient (Wildman–Crippen LogP) is 6.32. The summed E-state index contributed by atoms with van der Waals surface area (Å²) >= 11 is 11.7.